The Kier molecular flexibility index (Phi) is 3.16. The standard InChI is InChI=1S/C15H9Cl2NO2/c16-9-5-7-10(8-6-9)18-12-4-2-1-3-11(12)13(14(18)17)15(19)20/h1-8H,(H,19,20). The minimum atomic E-state index is -1.04. The molecule has 2 aromatic carbocycles. The summed E-state index contributed by atoms with van der Waals surface area (Å²) in [5.41, 5.74) is 1.62. The minimum Gasteiger partial charge on any atom is -0.478 e. The average molecular weight is 306 g/mol. The Morgan fingerprint density at radius 1 is 1.00 bits per heavy atom. The van der Waals surface area contributed by atoms with Crippen LogP contribution in [0, 0.1) is 0 Å². The number of carbonyl (C=O) groups is 1. The number of fused-ring (bicyclic) bond motifs is 1. The maximum atomic E-state index is 11.4. The fraction of sp³-hybridized carbons (Fsp3) is 0. The second-order valence-electron chi connectivity index (χ2n) is 4.30. The summed E-state index contributed by atoms with van der Waals surface area (Å²) in [4.78, 5) is 11.4. The molecule has 0 fully saturated rings. The Labute approximate surface area is 125 Å². The summed E-state index contributed by atoms with van der Waals surface area (Å²) in [5, 5.41) is 10.8. The van der Waals surface area contributed by atoms with E-state index < -0.39 is 5.97 Å². The van der Waals surface area contributed by atoms with E-state index in [0.717, 1.165) is 11.2 Å². The summed E-state index contributed by atoms with van der Waals surface area (Å²) >= 11 is 12.1. The molecule has 0 saturated carbocycles. The number of rotatable bonds is 2. The first-order chi connectivity index (χ1) is 9.59. The molecule has 0 amide bonds. The molecule has 0 spiro atoms. The molecule has 5 heteroatoms. The summed E-state index contributed by atoms with van der Waals surface area (Å²) in [6.07, 6.45) is 0. The van der Waals surface area contributed by atoms with Crippen molar-refractivity contribution in [3.05, 3.63) is 64.3 Å². The van der Waals surface area contributed by atoms with Crippen LogP contribution in [0.1, 0.15) is 10.4 Å². The molecular formula is C15H9Cl2NO2. The third-order valence-electron chi connectivity index (χ3n) is 3.12. The van der Waals surface area contributed by atoms with Gasteiger partial charge in [0.15, 0.2) is 0 Å². The van der Waals surface area contributed by atoms with Crippen molar-refractivity contribution >= 4 is 40.1 Å². The van der Waals surface area contributed by atoms with Crippen molar-refractivity contribution in [1.29, 1.82) is 0 Å². The molecule has 0 aliphatic heterocycles. The van der Waals surface area contributed by atoms with Gasteiger partial charge >= 0.3 is 5.97 Å². The summed E-state index contributed by atoms with van der Waals surface area (Å²) in [6.45, 7) is 0. The quantitative estimate of drug-likeness (QED) is 0.749. The van der Waals surface area contributed by atoms with Crippen LogP contribution in [0.3, 0.4) is 0 Å². The number of carboxylic acids is 1. The molecule has 3 rings (SSSR count). The molecule has 1 heterocycles. The number of nitrogens with zero attached hydrogens (tertiary/aromatic N) is 1. The van der Waals surface area contributed by atoms with E-state index in [1.54, 1.807) is 41.0 Å². The molecule has 1 aromatic heterocycles. The lowest BCUT2D eigenvalue weighted by Crippen LogP contribution is -1.98. The highest BCUT2D eigenvalue weighted by atomic mass is 35.5. The van der Waals surface area contributed by atoms with Crippen molar-refractivity contribution < 1.29 is 9.90 Å². The predicted molar refractivity (Wildman–Crippen MR) is 80.3 cm³/mol. The van der Waals surface area contributed by atoms with Crippen LogP contribution >= 0.6 is 23.2 Å². The second kappa shape index (κ2) is 4.85. The Balaban J connectivity index is 2.38. The van der Waals surface area contributed by atoms with E-state index >= 15 is 0 Å². The Hall–Kier alpha value is -1.97. The maximum absolute atomic E-state index is 11.4. The van der Waals surface area contributed by atoms with Crippen molar-refractivity contribution in [3.8, 4) is 5.69 Å². The van der Waals surface area contributed by atoms with Gasteiger partial charge < -0.3 is 5.11 Å². The van der Waals surface area contributed by atoms with Crippen molar-refractivity contribution in [2.24, 2.45) is 0 Å². The number of hydrogen-bond donors (Lipinski definition) is 1. The molecule has 0 bridgehead atoms. The zero-order chi connectivity index (χ0) is 14.3. The lowest BCUT2D eigenvalue weighted by Gasteiger charge is -2.07. The Morgan fingerprint density at radius 3 is 2.30 bits per heavy atom. The number of carboxylic acid groups (broad SMARTS) is 1. The van der Waals surface area contributed by atoms with Gasteiger partial charge in [0, 0.05) is 16.1 Å². The zero-order valence-electron chi connectivity index (χ0n) is 10.2. The van der Waals surface area contributed by atoms with Crippen LogP contribution < -0.4 is 0 Å². The third kappa shape index (κ3) is 1.96. The summed E-state index contributed by atoms with van der Waals surface area (Å²) in [5.74, 6) is -1.04. The van der Waals surface area contributed by atoms with Crippen LogP contribution in [0.25, 0.3) is 16.6 Å². The van der Waals surface area contributed by atoms with E-state index in [1.165, 1.54) is 0 Å². The third-order valence-corrected chi connectivity index (χ3v) is 3.73. The number of aromatic nitrogens is 1. The molecule has 0 radical (unpaired) electrons. The summed E-state index contributed by atoms with van der Waals surface area (Å²) in [6, 6.07) is 14.3. The van der Waals surface area contributed by atoms with Gasteiger partial charge in [0.2, 0.25) is 0 Å². The molecule has 0 saturated heterocycles. The van der Waals surface area contributed by atoms with Gasteiger partial charge in [-0.05, 0) is 30.3 Å². The fourth-order valence-corrected chi connectivity index (χ4v) is 2.75. The van der Waals surface area contributed by atoms with Crippen molar-refractivity contribution in [1.82, 2.24) is 4.57 Å². The van der Waals surface area contributed by atoms with Gasteiger partial charge in [0.1, 0.15) is 10.7 Å². The van der Waals surface area contributed by atoms with Gasteiger partial charge in [0.25, 0.3) is 0 Å². The highest BCUT2D eigenvalue weighted by Gasteiger charge is 2.21. The van der Waals surface area contributed by atoms with Crippen LogP contribution in [-0.4, -0.2) is 15.6 Å². The van der Waals surface area contributed by atoms with Gasteiger partial charge in [0.05, 0.1) is 5.52 Å². The zero-order valence-corrected chi connectivity index (χ0v) is 11.7. The first-order valence-electron chi connectivity index (χ1n) is 5.88. The minimum absolute atomic E-state index is 0.109. The molecule has 1 N–H and O–H groups in total. The maximum Gasteiger partial charge on any atom is 0.339 e. The predicted octanol–water partition coefficient (Wildman–Crippen LogP) is 4.64. The summed E-state index contributed by atoms with van der Waals surface area (Å²) in [7, 11) is 0. The molecule has 0 unspecified atom stereocenters. The molecule has 0 aliphatic carbocycles. The van der Waals surface area contributed by atoms with E-state index in [9.17, 15) is 9.90 Å². The molecule has 100 valence electrons. The van der Waals surface area contributed by atoms with Crippen LogP contribution in [0.15, 0.2) is 48.5 Å². The molecule has 3 nitrogen and oxygen atoms in total. The van der Waals surface area contributed by atoms with Crippen LogP contribution in [0.2, 0.25) is 10.2 Å². The molecule has 0 aliphatic rings. The lowest BCUT2D eigenvalue weighted by molar-refractivity contribution is 0.0699. The van der Waals surface area contributed by atoms with Gasteiger partial charge in [-0.25, -0.2) is 4.79 Å². The van der Waals surface area contributed by atoms with Crippen molar-refractivity contribution in [2.45, 2.75) is 0 Å². The molecular weight excluding hydrogens is 297 g/mol. The van der Waals surface area contributed by atoms with Crippen LogP contribution in [0.5, 0.6) is 0 Å². The van der Waals surface area contributed by atoms with E-state index in [-0.39, 0.29) is 10.7 Å². The lowest BCUT2D eigenvalue weighted by atomic mass is 10.2. The number of para-hydroxylation sites is 1. The van der Waals surface area contributed by atoms with E-state index in [2.05, 4.69) is 0 Å². The highest BCUT2D eigenvalue weighted by Crippen LogP contribution is 2.33. The van der Waals surface area contributed by atoms with Crippen molar-refractivity contribution in [3.63, 3.8) is 0 Å². The number of hydrogen-bond acceptors (Lipinski definition) is 1. The van der Waals surface area contributed by atoms with E-state index in [1.807, 2.05) is 12.1 Å². The topological polar surface area (TPSA) is 42.2 Å². The fourth-order valence-electron chi connectivity index (χ4n) is 2.25. The highest BCUT2D eigenvalue weighted by molar-refractivity contribution is 6.35. The average Bonchev–Trinajstić information content (AvgIpc) is 2.72. The SMILES string of the molecule is O=C(O)c1c(Cl)n(-c2ccc(Cl)cc2)c2ccccc12. The Bertz CT molecular complexity index is 807. The van der Waals surface area contributed by atoms with Gasteiger partial charge in [-0.15, -0.1) is 0 Å². The second-order valence-corrected chi connectivity index (χ2v) is 5.09. The smallest absolute Gasteiger partial charge is 0.339 e. The Morgan fingerprint density at radius 2 is 1.65 bits per heavy atom. The molecule has 0 atom stereocenters. The van der Waals surface area contributed by atoms with Crippen LogP contribution in [0.4, 0.5) is 0 Å². The van der Waals surface area contributed by atoms with E-state index in [0.29, 0.717) is 10.4 Å². The number of aromatic carboxylic acids is 1. The number of halogens is 2. The van der Waals surface area contributed by atoms with Crippen molar-refractivity contribution in [2.75, 3.05) is 0 Å². The van der Waals surface area contributed by atoms with Gasteiger partial charge in [-0.2, -0.15) is 0 Å². The van der Waals surface area contributed by atoms with Gasteiger partial charge in [-0.1, -0.05) is 41.4 Å². The van der Waals surface area contributed by atoms with E-state index in [4.69, 9.17) is 23.2 Å². The summed E-state index contributed by atoms with van der Waals surface area (Å²) < 4.78 is 1.71. The first-order valence-corrected chi connectivity index (χ1v) is 6.63. The number of benzene rings is 2. The largest absolute Gasteiger partial charge is 0.478 e. The molecule has 3 aromatic rings. The van der Waals surface area contributed by atoms with Gasteiger partial charge in [-0.3, -0.25) is 4.57 Å². The first kappa shape index (κ1) is 13.0. The molecule has 20 heavy (non-hydrogen) atoms. The van der Waals surface area contributed by atoms with Crippen LogP contribution in [-0.2, 0) is 0 Å². The normalized spacial score (nSPS) is 10.9. The monoisotopic (exact) mass is 305 g/mol.